The molecule has 0 spiro atoms. The highest BCUT2D eigenvalue weighted by Gasteiger charge is 2.19. The molecule has 0 amide bonds. The largest absolute Gasteiger partial charge is 0.456 e. The lowest BCUT2D eigenvalue weighted by molar-refractivity contribution is 0.669. The highest BCUT2D eigenvalue weighted by molar-refractivity contribution is 7.25. The number of benzene rings is 7. The maximum Gasteiger partial charge on any atom is 0.137 e. The first-order chi connectivity index (χ1) is 21.3. The summed E-state index contributed by atoms with van der Waals surface area (Å²) in [6.45, 7) is 0. The van der Waals surface area contributed by atoms with Crippen LogP contribution < -0.4 is 4.90 Å². The first kappa shape index (κ1) is 24.2. The third kappa shape index (κ3) is 3.93. The van der Waals surface area contributed by atoms with Gasteiger partial charge in [-0.2, -0.15) is 0 Å². The molecule has 43 heavy (non-hydrogen) atoms. The Morgan fingerprint density at radius 3 is 2.09 bits per heavy atom. The van der Waals surface area contributed by atoms with Gasteiger partial charge in [0.25, 0.3) is 0 Å². The zero-order valence-electron chi connectivity index (χ0n) is 23.2. The highest BCUT2D eigenvalue weighted by Crippen LogP contribution is 2.44. The Labute approximate surface area is 252 Å². The van der Waals surface area contributed by atoms with E-state index in [2.05, 4.69) is 144 Å². The van der Waals surface area contributed by atoms with E-state index in [1.807, 2.05) is 23.5 Å². The maximum absolute atomic E-state index is 6.35. The Balaban J connectivity index is 1.28. The summed E-state index contributed by atoms with van der Waals surface area (Å²) < 4.78 is 8.98. The van der Waals surface area contributed by atoms with Crippen molar-refractivity contribution in [3.8, 4) is 11.1 Å². The average molecular weight is 568 g/mol. The molecule has 2 nitrogen and oxygen atoms in total. The van der Waals surface area contributed by atoms with E-state index >= 15 is 0 Å². The molecule has 202 valence electrons. The predicted molar refractivity (Wildman–Crippen MR) is 184 cm³/mol. The van der Waals surface area contributed by atoms with Gasteiger partial charge in [-0.15, -0.1) is 11.3 Å². The smallest absolute Gasteiger partial charge is 0.137 e. The van der Waals surface area contributed by atoms with Gasteiger partial charge >= 0.3 is 0 Å². The topological polar surface area (TPSA) is 16.4 Å². The summed E-state index contributed by atoms with van der Waals surface area (Å²) in [4.78, 5) is 2.37. The van der Waals surface area contributed by atoms with E-state index in [1.54, 1.807) is 0 Å². The number of thiophene rings is 1. The fourth-order valence-corrected chi connectivity index (χ4v) is 7.49. The van der Waals surface area contributed by atoms with E-state index in [-0.39, 0.29) is 0 Å². The molecule has 0 atom stereocenters. The molecule has 0 saturated heterocycles. The minimum atomic E-state index is 0.883. The highest BCUT2D eigenvalue weighted by atomic mass is 32.1. The Morgan fingerprint density at radius 2 is 1.14 bits per heavy atom. The van der Waals surface area contributed by atoms with Crippen LogP contribution in [0.2, 0.25) is 0 Å². The molecule has 0 aliphatic rings. The van der Waals surface area contributed by atoms with Crippen molar-refractivity contribution in [2.75, 3.05) is 4.90 Å². The van der Waals surface area contributed by atoms with Crippen molar-refractivity contribution in [2.24, 2.45) is 0 Å². The number of nitrogens with zero attached hydrogens (tertiary/aromatic N) is 1. The van der Waals surface area contributed by atoms with Gasteiger partial charge < -0.3 is 9.32 Å². The molecule has 0 N–H and O–H groups in total. The van der Waals surface area contributed by atoms with Gasteiger partial charge in [0.05, 0.1) is 5.69 Å². The van der Waals surface area contributed by atoms with Gasteiger partial charge in [0.15, 0.2) is 0 Å². The van der Waals surface area contributed by atoms with Gasteiger partial charge in [0.2, 0.25) is 0 Å². The molecule has 0 saturated carbocycles. The molecule has 3 heteroatoms. The van der Waals surface area contributed by atoms with Gasteiger partial charge in [0.1, 0.15) is 11.2 Å². The lowest BCUT2D eigenvalue weighted by Crippen LogP contribution is -2.11. The van der Waals surface area contributed by atoms with Crippen molar-refractivity contribution in [2.45, 2.75) is 0 Å². The van der Waals surface area contributed by atoms with E-state index in [0.29, 0.717) is 0 Å². The third-order valence-corrected chi connectivity index (χ3v) is 9.60. The molecule has 2 heterocycles. The van der Waals surface area contributed by atoms with E-state index in [9.17, 15) is 0 Å². The molecule has 9 rings (SSSR count). The van der Waals surface area contributed by atoms with Crippen LogP contribution in [0.15, 0.2) is 156 Å². The summed E-state index contributed by atoms with van der Waals surface area (Å²) in [5.74, 6) is 0. The Kier molecular flexibility index (Phi) is 5.40. The minimum absolute atomic E-state index is 0.883. The maximum atomic E-state index is 6.35. The monoisotopic (exact) mass is 567 g/mol. The van der Waals surface area contributed by atoms with Crippen LogP contribution in [0.4, 0.5) is 17.1 Å². The van der Waals surface area contributed by atoms with Crippen molar-refractivity contribution in [3.63, 3.8) is 0 Å². The molecule has 0 fully saturated rings. The molecule has 0 bridgehead atoms. The summed E-state index contributed by atoms with van der Waals surface area (Å²) in [5.41, 5.74) is 7.43. The van der Waals surface area contributed by atoms with Crippen LogP contribution in [0.25, 0.3) is 64.0 Å². The zero-order valence-corrected chi connectivity index (χ0v) is 24.0. The number of hydrogen-bond acceptors (Lipinski definition) is 3. The quantitative estimate of drug-likeness (QED) is 0.210. The summed E-state index contributed by atoms with van der Waals surface area (Å²) >= 11 is 1.85. The average Bonchev–Trinajstić information content (AvgIpc) is 3.63. The van der Waals surface area contributed by atoms with Crippen LogP contribution in [-0.4, -0.2) is 0 Å². The normalized spacial score (nSPS) is 11.7. The Morgan fingerprint density at radius 1 is 0.442 bits per heavy atom. The van der Waals surface area contributed by atoms with Crippen LogP contribution in [-0.2, 0) is 0 Å². The lowest BCUT2D eigenvalue weighted by atomic mass is 9.99. The lowest BCUT2D eigenvalue weighted by Gasteiger charge is -2.28. The van der Waals surface area contributed by atoms with Crippen LogP contribution in [0.3, 0.4) is 0 Å². The van der Waals surface area contributed by atoms with Gasteiger partial charge in [-0.3, -0.25) is 0 Å². The van der Waals surface area contributed by atoms with Crippen LogP contribution in [0.1, 0.15) is 0 Å². The summed E-state index contributed by atoms with van der Waals surface area (Å²) in [6, 6.07) is 54.4. The van der Waals surface area contributed by atoms with E-state index in [0.717, 1.165) is 39.0 Å². The number of hydrogen-bond donors (Lipinski definition) is 0. The molecule has 2 aromatic heterocycles. The van der Waals surface area contributed by atoms with E-state index in [4.69, 9.17) is 4.42 Å². The van der Waals surface area contributed by atoms with Crippen molar-refractivity contribution >= 4 is 81.3 Å². The number of rotatable bonds is 4. The van der Waals surface area contributed by atoms with Crippen LogP contribution in [0.5, 0.6) is 0 Å². The van der Waals surface area contributed by atoms with Gasteiger partial charge in [-0.25, -0.2) is 0 Å². The molecule has 9 aromatic rings. The number of para-hydroxylation sites is 2. The van der Waals surface area contributed by atoms with E-state index in [1.165, 1.54) is 42.1 Å². The first-order valence-corrected chi connectivity index (χ1v) is 15.3. The molecule has 0 aliphatic heterocycles. The Bertz CT molecular complexity index is 2480. The second-order valence-electron chi connectivity index (χ2n) is 11.0. The fourth-order valence-electron chi connectivity index (χ4n) is 6.40. The molecule has 7 aromatic carbocycles. The molecular formula is C40H25NOS. The van der Waals surface area contributed by atoms with Crippen LogP contribution in [0, 0.1) is 0 Å². The van der Waals surface area contributed by atoms with Crippen molar-refractivity contribution in [1.82, 2.24) is 0 Å². The van der Waals surface area contributed by atoms with E-state index < -0.39 is 0 Å². The fraction of sp³-hybridized carbons (Fsp3) is 0. The van der Waals surface area contributed by atoms with Crippen LogP contribution >= 0.6 is 11.3 Å². The summed E-state index contributed by atoms with van der Waals surface area (Å²) in [7, 11) is 0. The van der Waals surface area contributed by atoms with Crippen molar-refractivity contribution in [1.29, 1.82) is 0 Å². The third-order valence-electron chi connectivity index (χ3n) is 8.44. The second-order valence-corrected chi connectivity index (χ2v) is 12.1. The molecular weight excluding hydrogens is 543 g/mol. The number of furan rings is 1. The summed E-state index contributed by atoms with van der Waals surface area (Å²) in [5, 5.41) is 7.30. The standard InChI is InChI=1S/C40H25NOS/c1-2-10-27-23-29(19-17-26(27)9-1)41(30-20-21-33-32-12-4-7-15-37(32)42-38(33)25-30)36-14-6-3-11-31(36)28-18-22-40-35(24-28)34-13-5-8-16-39(34)43-40/h1-25H. The molecule has 0 unspecified atom stereocenters. The summed E-state index contributed by atoms with van der Waals surface area (Å²) in [6.07, 6.45) is 0. The number of anilines is 3. The van der Waals surface area contributed by atoms with Gasteiger partial charge in [0, 0.05) is 53.9 Å². The zero-order chi connectivity index (χ0) is 28.3. The first-order valence-electron chi connectivity index (χ1n) is 14.5. The number of fused-ring (bicyclic) bond motifs is 7. The Hall–Kier alpha value is -5.38. The van der Waals surface area contributed by atoms with Gasteiger partial charge in [-0.05, 0) is 70.9 Å². The van der Waals surface area contributed by atoms with Crippen molar-refractivity contribution < 1.29 is 4.42 Å². The molecule has 0 radical (unpaired) electrons. The minimum Gasteiger partial charge on any atom is -0.456 e. The predicted octanol–water partition coefficient (Wildman–Crippen LogP) is 12.2. The van der Waals surface area contributed by atoms with Crippen molar-refractivity contribution in [3.05, 3.63) is 152 Å². The SMILES string of the molecule is c1ccc(N(c2ccc3ccccc3c2)c2ccc3c(c2)oc2ccccc23)c(-c2ccc3sc4ccccc4c3c2)c1. The molecule has 0 aliphatic carbocycles. The second kappa shape index (κ2) is 9.59. The van der Waals surface area contributed by atoms with Gasteiger partial charge in [-0.1, -0.05) is 91.0 Å².